The number of nitrogens with one attached hydrogen (secondary N) is 1. The summed E-state index contributed by atoms with van der Waals surface area (Å²) < 4.78 is 3.20. The average molecular weight is 363 g/mol. The third-order valence-electron chi connectivity index (χ3n) is 3.11. The molecule has 4 rings (SSSR count). The number of hydrogen-bond donors (Lipinski definition) is 1. The van der Waals surface area contributed by atoms with Crippen LogP contribution in [0.1, 0.15) is 15.2 Å². The zero-order valence-electron chi connectivity index (χ0n) is 10.0. The maximum absolute atomic E-state index is 12.7. The number of thiophene rings is 2. The van der Waals surface area contributed by atoms with Gasteiger partial charge in [0.05, 0.1) is 10.4 Å². The lowest BCUT2D eigenvalue weighted by molar-refractivity contribution is 0.104. The van der Waals surface area contributed by atoms with Crippen LogP contribution in [0.25, 0.3) is 20.4 Å². The first-order chi connectivity index (χ1) is 9.72. The quantitative estimate of drug-likeness (QED) is 0.519. The number of nitrogens with zero attached hydrogens (tertiary/aromatic N) is 1. The number of carbonyl (C=O) groups is 1. The fourth-order valence-corrected chi connectivity index (χ4v) is 4.57. The highest BCUT2D eigenvalue weighted by Gasteiger charge is 2.17. The van der Waals surface area contributed by atoms with Crippen molar-refractivity contribution in [3.05, 3.63) is 50.9 Å². The normalized spacial score (nSPS) is 11.4. The minimum absolute atomic E-state index is 0.0459. The molecule has 0 spiro atoms. The second kappa shape index (κ2) is 4.51. The summed E-state index contributed by atoms with van der Waals surface area (Å²) in [7, 11) is 0. The van der Waals surface area contributed by atoms with Crippen molar-refractivity contribution in [2.24, 2.45) is 0 Å². The summed E-state index contributed by atoms with van der Waals surface area (Å²) in [6.07, 6.45) is 3.45. The molecule has 4 heterocycles. The SMILES string of the molecule is O=C(c1cc2sccc2s1)c1c[nH]c2ncc(Br)cc12. The van der Waals surface area contributed by atoms with Crippen LogP contribution in [-0.2, 0) is 0 Å². The predicted molar refractivity (Wildman–Crippen MR) is 86.9 cm³/mol. The van der Waals surface area contributed by atoms with Gasteiger partial charge in [-0.2, -0.15) is 0 Å². The van der Waals surface area contributed by atoms with Crippen LogP contribution in [0.5, 0.6) is 0 Å². The molecular formula is C14H7BrN2OS2. The molecule has 6 heteroatoms. The van der Waals surface area contributed by atoms with Crippen LogP contribution in [0.2, 0.25) is 0 Å². The third-order valence-corrected chi connectivity index (χ3v) is 5.63. The minimum atomic E-state index is 0.0459. The van der Waals surface area contributed by atoms with Crippen molar-refractivity contribution in [3.63, 3.8) is 0 Å². The molecule has 0 saturated carbocycles. The number of aromatic nitrogens is 2. The lowest BCUT2D eigenvalue weighted by Crippen LogP contribution is -1.96. The molecule has 0 aliphatic rings. The molecule has 0 saturated heterocycles. The van der Waals surface area contributed by atoms with Crippen LogP contribution in [0, 0.1) is 0 Å². The fourth-order valence-electron chi connectivity index (χ4n) is 2.18. The van der Waals surface area contributed by atoms with E-state index in [-0.39, 0.29) is 5.78 Å². The molecule has 4 aromatic rings. The second-order valence-corrected chi connectivity index (χ2v) is 7.29. The van der Waals surface area contributed by atoms with Crippen LogP contribution in [0.3, 0.4) is 0 Å². The van der Waals surface area contributed by atoms with E-state index in [0.29, 0.717) is 5.56 Å². The summed E-state index contributed by atoms with van der Waals surface area (Å²) in [4.78, 5) is 20.7. The van der Waals surface area contributed by atoms with Gasteiger partial charge in [0.2, 0.25) is 5.78 Å². The maximum Gasteiger partial charge on any atom is 0.205 e. The van der Waals surface area contributed by atoms with E-state index in [1.54, 1.807) is 23.7 Å². The molecule has 3 nitrogen and oxygen atoms in total. The number of fused-ring (bicyclic) bond motifs is 2. The average Bonchev–Trinajstić information content (AvgIpc) is 3.10. The Balaban J connectivity index is 1.87. The van der Waals surface area contributed by atoms with Gasteiger partial charge in [-0.15, -0.1) is 22.7 Å². The van der Waals surface area contributed by atoms with E-state index < -0.39 is 0 Å². The van der Waals surface area contributed by atoms with E-state index in [0.717, 1.165) is 29.8 Å². The number of rotatable bonds is 2. The second-order valence-electron chi connectivity index (χ2n) is 4.34. The Morgan fingerprint density at radius 2 is 2.20 bits per heavy atom. The van der Waals surface area contributed by atoms with Crippen molar-refractivity contribution in [2.75, 3.05) is 0 Å². The molecule has 1 N–H and O–H groups in total. The fraction of sp³-hybridized carbons (Fsp3) is 0. The first-order valence-corrected chi connectivity index (χ1v) is 8.35. The van der Waals surface area contributed by atoms with Gasteiger partial charge < -0.3 is 4.98 Å². The Kier molecular flexibility index (Phi) is 2.76. The van der Waals surface area contributed by atoms with Gasteiger partial charge in [-0.25, -0.2) is 4.98 Å². The summed E-state index contributed by atoms with van der Waals surface area (Å²) in [6, 6.07) is 5.94. The molecule has 0 bridgehead atoms. The van der Waals surface area contributed by atoms with Gasteiger partial charge in [0.1, 0.15) is 5.65 Å². The number of pyridine rings is 1. The number of halogens is 1. The molecule has 0 aliphatic heterocycles. The van der Waals surface area contributed by atoms with Gasteiger partial charge >= 0.3 is 0 Å². The third kappa shape index (κ3) is 1.83. The van der Waals surface area contributed by atoms with Crippen LogP contribution in [-0.4, -0.2) is 15.8 Å². The Morgan fingerprint density at radius 3 is 3.05 bits per heavy atom. The number of carbonyl (C=O) groups excluding carboxylic acids is 1. The lowest BCUT2D eigenvalue weighted by atomic mass is 10.1. The molecule has 0 fully saturated rings. The molecule has 98 valence electrons. The topological polar surface area (TPSA) is 45.8 Å². The summed E-state index contributed by atoms with van der Waals surface area (Å²) in [5, 5.41) is 2.89. The van der Waals surface area contributed by atoms with Gasteiger partial charge in [-0.3, -0.25) is 4.79 Å². The van der Waals surface area contributed by atoms with Crippen molar-refractivity contribution in [2.45, 2.75) is 0 Å². The first kappa shape index (κ1) is 12.3. The van der Waals surface area contributed by atoms with E-state index in [2.05, 4.69) is 32.0 Å². The molecule has 0 amide bonds. The Bertz CT molecular complexity index is 922. The zero-order valence-corrected chi connectivity index (χ0v) is 13.2. The van der Waals surface area contributed by atoms with Gasteiger partial charge in [-0.05, 0) is 39.5 Å². The van der Waals surface area contributed by atoms with Crippen molar-refractivity contribution >= 4 is 64.8 Å². The van der Waals surface area contributed by atoms with E-state index in [1.807, 2.05) is 17.5 Å². The standard InChI is InChI=1S/C14H7BrN2OS2/c15-7-3-8-9(6-17-14(8)16-5-7)13(18)12-4-11-10(20-12)1-2-19-11/h1-6H,(H,16,17). The summed E-state index contributed by atoms with van der Waals surface area (Å²) >= 11 is 6.59. The molecule has 0 unspecified atom stereocenters. The zero-order chi connectivity index (χ0) is 13.7. The smallest absolute Gasteiger partial charge is 0.205 e. The van der Waals surface area contributed by atoms with Crippen LogP contribution in [0.15, 0.2) is 40.4 Å². The largest absolute Gasteiger partial charge is 0.345 e. The van der Waals surface area contributed by atoms with Gasteiger partial charge in [0, 0.05) is 31.7 Å². The van der Waals surface area contributed by atoms with E-state index in [1.165, 1.54) is 11.3 Å². The highest BCUT2D eigenvalue weighted by molar-refractivity contribution is 9.10. The first-order valence-electron chi connectivity index (χ1n) is 5.87. The van der Waals surface area contributed by atoms with Gasteiger partial charge in [-0.1, -0.05) is 0 Å². The monoisotopic (exact) mass is 362 g/mol. The summed E-state index contributed by atoms with van der Waals surface area (Å²) in [6.45, 7) is 0. The molecule has 4 aromatic heterocycles. The van der Waals surface area contributed by atoms with E-state index >= 15 is 0 Å². The molecule has 0 atom stereocenters. The van der Waals surface area contributed by atoms with Crippen molar-refractivity contribution in [3.8, 4) is 0 Å². The summed E-state index contributed by atoms with van der Waals surface area (Å²) in [5.41, 5.74) is 1.40. The highest BCUT2D eigenvalue weighted by atomic mass is 79.9. The molecule has 20 heavy (non-hydrogen) atoms. The number of aromatic amines is 1. The number of ketones is 1. The van der Waals surface area contributed by atoms with Crippen molar-refractivity contribution in [1.82, 2.24) is 9.97 Å². The number of H-pyrrole nitrogens is 1. The lowest BCUT2D eigenvalue weighted by Gasteiger charge is -1.96. The highest BCUT2D eigenvalue weighted by Crippen LogP contribution is 2.32. The Hall–Kier alpha value is -1.50. The maximum atomic E-state index is 12.7. The Labute approximate surface area is 130 Å². The molecular weight excluding hydrogens is 356 g/mol. The van der Waals surface area contributed by atoms with Gasteiger partial charge in [0.15, 0.2) is 0 Å². The molecule has 0 aromatic carbocycles. The number of hydrogen-bond acceptors (Lipinski definition) is 4. The van der Waals surface area contributed by atoms with Crippen LogP contribution in [0.4, 0.5) is 0 Å². The van der Waals surface area contributed by atoms with E-state index in [9.17, 15) is 4.79 Å². The van der Waals surface area contributed by atoms with Crippen LogP contribution < -0.4 is 0 Å². The van der Waals surface area contributed by atoms with Crippen LogP contribution >= 0.6 is 38.6 Å². The predicted octanol–water partition coefficient (Wildman–Crippen LogP) is 4.83. The summed E-state index contributed by atoms with van der Waals surface area (Å²) in [5.74, 6) is 0.0459. The molecule has 0 aliphatic carbocycles. The van der Waals surface area contributed by atoms with Crippen molar-refractivity contribution < 1.29 is 4.79 Å². The van der Waals surface area contributed by atoms with Gasteiger partial charge in [0.25, 0.3) is 0 Å². The van der Waals surface area contributed by atoms with E-state index in [4.69, 9.17) is 0 Å². The molecule has 0 radical (unpaired) electrons. The van der Waals surface area contributed by atoms with Crippen molar-refractivity contribution in [1.29, 1.82) is 0 Å². The Morgan fingerprint density at radius 1 is 1.30 bits per heavy atom. The minimum Gasteiger partial charge on any atom is -0.345 e.